The molecule has 0 saturated carbocycles. The molecule has 0 aliphatic rings. The van der Waals surface area contributed by atoms with Crippen LogP contribution in [0, 0.1) is 0 Å². The summed E-state index contributed by atoms with van der Waals surface area (Å²) < 4.78 is 0. The zero-order valence-electron chi connectivity index (χ0n) is 7.93. The zero-order chi connectivity index (χ0) is 12.9. The molecule has 0 unspecified atom stereocenters. The third-order valence-electron chi connectivity index (χ3n) is 1.47. The summed E-state index contributed by atoms with van der Waals surface area (Å²) in [6.07, 6.45) is 0. The molecule has 0 aliphatic carbocycles. The molecule has 0 spiro atoms. The Kier molecular flexibility index (Phi) is 4.76. The number of carboxylic acids is 1. The standard InChI is InChI=1S/C7H9N3O6/c8-6(15)4(13)3(5(14)7(9)16)10-1-2(11)12/h3,10H,1H2,(H2,8,15)(H2,9,16)(H,11,12). The van der Waals surface area contributed by atoms with Gasteiger partial charge in [-0.3, -0.25) is 29.3 Å². The van der Waals surface area contributed by atoms with Crippen molar-refractivity contribution in [3.8, 4) is 0 Å². The molecule has 0 aromatic rings. The zero-order valence-corrected chi connectivity index (χ0v) is 7.93. The molecule has 0 fully saturated rings. The van der Waals surface area contributed by atoms with Crippen LogP contribution in [0.25, 0.3) is 0 Å². The van der Waals surface area contributed by atoms with Crippen LogP contribution in [0.4, 0.5) is 0 Å². The van der Waals surface area contributed by atoms with Crippen molar-refractivity contribution in [2.45, 2.75) is 6.04 Å². The summed E-state index contributed by atoms with van der Waals surface area (Å²) in [4.78, 5) is 53.2. The fourth-order valence-corrected chi connectivity index (χ4v) is 0.778. The highest BCUT2D eigenvalue weighted by Crippen LogP contribution is 1.89. The van der Waals surface area contributed by atoms with E-state index in [1.165, 1.54) is 0 Å². The summed E-state index contributed by atoms with van der Waals surface area (Å²) in [7, 11) is 0. The third-order valence-corrected chi connectivity index (χ3v) is 1.47. The quantitative estimate of drug-likeness (QED) is 0.256. The second kappa shape index (κ2) is 5.56. The number of carboxylic acid groups (broad SMARTS) is 1. The molecular weight excluding hydrogens is 222 g/mol. The third kappa shape index (κ3) is 3.84. The molecule has 0 heterocycles. The predicted molar refractivity (Wildman–Crippen MR) is 47.8 cm³/mol. The fraction of sp³-hybridized carbons (Fsp3) is 0.286. The average Bonchev–Trinajstić information content (AvgIpc) is 2.16. The molecule has 6 N–H and O–H groups in total. The normalized spacial score (nSPS) is 9.81. The molecule has 0 saturated heterocycles. The van der Waals surface area contributed by atoms with Crippen LogP contribution in [0.5, 0.6) is 0 Å². The number of hydrogen-bond acceptors (Lipinski definition) is 6. The SMILES string of the molecule is NC(=O)C(=O)C(NCC(=O)O)C(=O)C(N)=O. The van der Waals surface area contributed by atoms with E-state index in [0.717, 1.165) is 0 Å². The maximum atomic E-state index is 11.0. The van der Waals surface area contributed by atoms with E-state index in [0.29, 0.717) is 0 Å². The summed E-state index contributed by atoms with van der Waals surface area (Å²) in [6.45, 7) is -0.803. The maximum Gasteiger partial charge on any atom is 0.317 e. The van der Waals surface area contributed by atoms with Crippen LogP contribution in [-0.4, -0.2) is 47.0 Å². The van der Waals surface area contributed by atoms with Crippen molar-refractivity contribution in [2.24, 2.45) is 11.5 Å². The Labute approximate surface area is 88.8 Å². The summed E-state index contributed by atoms with van der Waals surface area (Å²) in [5, 5.41) is 10.2. The predicted octanol–water partition coefficient (Wildman–Crippen LogP) is -3.86. The Morgan fingerprint density at radius 3 is 1.62 bits per heavy atom. The van der Waals surface area contributed by atoms with Gasteiger partial charge in [0.2, 0.25) is 11.6 Å². The first-order chi connectivity index (χ1) is 7.27. The van der Waals surface area contributed by atoms with Gasteiger partial charge in [-0.15, -0.1) is 0 Å². The number of nitrogens with one attached hydrogen (secondary N) is 1. The molecule has 9 heteroatoms. The molecular formula is C7H9N3O6. The van der Waals surface area contributed by atoms with Crippen LogP contribution in [0.2, 0.25) is 0 Å². The molecule has 0 aromatic carbocycles. The molecule has 0 aromatic heterocycles. The maximum absolute atomic E-state index is 11.0. The first-order valence-electron chi connectivity index (χ1n) is 3.89. The molecule has 0 aliphatic heterocycles. The summed E-state index contributed by atoms with van der Waals surface area (Å²) in [5.41, 5.74) is 9.20. The highest BCUT2D eigenvalue weighted by atomic mass is 16.4. The molecule has 9 nitrogen and oxygen atoms in total. The minimum atomic E-state index is -1.95. The van der Waals surface area contributed by atoms with Crippen molar-refractivity contribution in [2.75, 3.05) is 6.54 Å². The van der Waals surface area contributed by atoms with Gasteiger partial charge in [-0.1, -0.05) is 0 Å². The van der Waals surface area contributed by atoms with Crippen molar-refractivity contribution in [3.63, 3.8) is 0 Å². The average molecular weight is 231 g/mol. The Bertz CT molecular complexity index is 337. The van der Waals surface area contributed by atoms with Gasteiger partial charge in [0.15, 0.2) is 0 Å². The number of hydrogen-bond donors (Lipinski definition) is 4. The van der Waals surface area contributed by atoms with Gasteiger partial charge < -0.3 is 16.6 Å². The molecule has 0 rings (SSSR count). The number of ketones is 2. The smallest absolute Gasteiger partial charge is 0.317 e. The molecule has 0 radical (unpaired) electrons. The number of rotatable bonds is 7. The van der Waals surface area contributed by atoms with Gasteiger partial charge in [-0.2, -0.15) is 0 Å². The number of carbonyl (C=O) groups excluding carboxylic acids is 4. The second-order valence-corrected chi connectivity index (χ2v) is 2.66. The van der Waals surface area contributed by atoms with Gasteiger partial charge in [0, 0.05) is 0 Å². The minimum absolute atomic E-state index is 0.803. The number of primary amides is 2. The first kappa shape index (κ1) is 13.7. The number of nitrogens with two attached hydrogens (primary N) is 2. The fourth-order valence-electron chi connectivity index (χ4n) is 0.778. The second-order valence-electron chi connectivity index (χ2n) is 2.66. The van der Waals surface area contributed by atoms with Gasteiger partial charge >= 0.3 is 5.97 Å². The van der Waals surface area contributed by atoms with Crippen molar-refractivity contribution >= 4 is 29.4 Å². The lowest BCUT2D eigenvalue weighted by Crippen LogP contribution is -2.53. The number of amides is 2. The van der Waals surface area contributed by atoms with Gasteiger partial charge in [0.05, 0.1) is 6.54 Å². The van der Waals surface area contributed by atoms with E-state index in [-0.39, 0.29) is 0 Å². The van der Waals surface area contributed by atoms with E-state index < -0.39 is 41.9 Å². The Morgan fingerprint density at radius 1 is 1.00 bits per heavy atom. The number of Topliss-reactive ketones (excluding diaryl/α,β-unsaturated/α-hetero) is 2. The first-order valence-corrected chi connectivity index (χ1v) is 3.89. The van der Waals surface area contributed by atoms with Gasteiger partial charge in [-0.25, -0.2) is 0 Å². The lowest BCUT2D eigenvalue weighted by molar-refractivity contribution is -0.144. The highest BCUT2D eigenvalue weighted by Gasteiger charge is 2.33. The van der Waals surface area contributed by atoms with Crippen LogP contribution in [-0.2, 0) is 24.0 Å². The van der Waals surface area contributed by atoms with Crippen molar-refractivity contribution in [3.05, 3.63) is 0 Å². The lowest BCUT2D eigenvalue weighted by Gasteiger charge is -2.11. The molecule has 2 amide bonds. The van der Waals surface area contributed by atoms with E-state index in [1.807, 2.05) is 5.32 Å². The van der Waals surface area contributed by atoms with Crippen LogP contribution in [0.15, 0.2) is 0 Å². The Morgan fingerprint density at radius 2 is 1.38 bits per heavy atom. The summed E-state index contributed by atoms with van der Waals surface area (Å²) in [6, 6.07) is -1.95. The van der Waals surface area contributed by atoms with E-state index in [2.05, 4.69) is 11.5 Å². The van der Waals surface area contributed by atoms with E-state index >= 15 is 0 Å². The Balaban J connectivity index is 4.83. The van der Waals surface area contributed by atoms with E-state index in [4.69, 9.17) is 5.11 Å². The largest absolute Gasteiger partial charge is 0.480 e. The Hall–Kier alpha value is -2.29. The molecule has 88 valence electrons. The van der Waals surface area contributed by atoms with Crippen LogP contribution >= 0.6 is 0 Å². The molecule has 0 atom stereocenters. The van der Waals surface area contributed by atoms with Gasteiger partial charge in [-0.05, 0) is 0 Å². The summed E-state index contributed by atoms with van der Waals surface area (Å²) in [5.74, 6) is -7.19. The van der Waals surface area contributed by atoms with E-state index in [9.17, 15) is 24.0 Å². The van der Waals surface area contributed by atoms with Crippen LogP contribution < -0.4 is 16.8 Å². The van der Waals surface area contributed by atoms with Gasteiger partial charge in [0.25, 0.3) is 11.8 Å². The minimum Gasteiger partial charge on any atom is -0.480 e. The lowest BCUT2D eigenvalue weighted by atomic mass is 10.1. The highest BCUT2D eigenvalue weighted by molar-refractivity contribution is 6.50. The van der Waals surface area contributed by atoms with Crippen molar-refractivity contribution in [1.29, 1.82) is 0 Å². The topological polar surface area (TPSA) is 170 Å². The van der Waals surface area contributed by atoms with Crippen LogP contribution in [0.1, 0.15) is 0 Å². The van der Waals surface area contributed by atoms with Crippen molar-refractivity contribution < 1.29 is 29.1 Å². The number of aliphatic carboxylic acids is 1. The molecule has 16 heavy (non-hydrogen) atoms. The van der Waals surface area contributed by atoms with Crippen LogP contribution in [0.3, 0.4) is 0 Å². The molecule has 0 bridgehead atoms. The van der Waals surface area contributed by atoms with Gasteiger partial charge in [0.1, 0.15) is 6.04 Å². The number of carbonyl (C=O) groups is 5. The van der Waals surface area contributed by atoms with E-state index in [1.54, 1.807) is 0 Å². The monoisotopic (exact) mass is 231 g/mol. The van der Waals surface area contributed by atoms with Crippen molar-refractivity contribution in [1.82, 2.24) is 5.32 Å². The summed E-state index contributed by atoms with van der Waals surface area (Å²) >= 11 is 0.